The molecule has 0 radical (unpaired) electrons. The van der Waals surface area contributed by atoms with Gasteiger partial charge < -0.3 is 16.4 Å². The van der Waals surface area contributed by atoms with Crippen molar-refractivity contribution in [2.24, 2.45) is 0 Å². The average molecular weight is 207 g/mol. The van der Waals surface area contributed by atoms with Gasteiger partial charge in [0.25, 0.3) is 0 Å². The van der Waals surface area contributed by atoms with Crippen molar-refractivity contribution in [3.63, 3.8) is 0 Å². The van der Waals surface area contributed by atoms with E-state index in [1.807, 2.05) is 0 Å². The fourth-order valence-electron chi connectivity index (χ4n) is 0.755. The van der Waals surface area contributed by atoms with Gasteiger partial charge in [0.2, 0.25) is 0 Å². The third-order valence-electron chi connectivity index (χ3n) is 1.38. The van der Waals surface area contributed by atoms with Crippen molar-refractivity contribution >= 4 is 41.5 Å². The molecular formula is C8H10NNaO4. The summed E-state index contributed by atoms with van der Waals surface area (Å²) in [6.07, 6.45) is 0. The van der Waals surface area contributed by atoms with E-state index in [9.17, 15) is 9.59 Å². The molecule has 6 heteroatoms. The van der Waals surface area contributed by atoms with E-state index >= 15 is 0 Å². The fraction of sp³-hybridized carbons (Fsp3) is 0. The Kier molecular flexibility index (Phi) is 7.30. The van der Waals surface area contributed by atoms with Crippen LogP contribution < -0.4 is 6.15 Å². The number of carbonyl (C=O) groups is 2. The summed E-state index contributed by atoms with van der Waals surface area (Å²) in [6.45, 7) is 0. The molecule has 5 nitrogen and oxygen atoms in total. The number of carboxylic acids is 2. The van der Waals surface area contributed by atoms with Gasteiger partial charge in [-0.25, -0.2) is 9.59 Å². The molecule has 0 aliphatic heterocycles. The Labute approximate surface area is 103 Å². The summed E-state index contributed by atoms with van der Waals surface area (Å²) in [6, 6.07) is 5.02. The number of rotatable bonds is 2. The van der Waals surface area contributed by atoms with E-state index in [4.69, 9.17) is 10.2 Å². The van der Waals surface area contributed by atoms with Crippen molar-refractivity contribution in [1.82, 2.24) is 6.15 Å². The van der Waals surface area contributed by atoms with Gasteiger partial charge in [-0.2, -0.15) is 0 Å². The Morgan fingerprint density at radius 3 is 1.21 bits per heavy atom. The van der Waals surface area contributed by atoms with Crippen LogP contribution in [-0.4, -0.2) is 51.7 Å². The second kappa shape index (κ2) is 6.56. The van der Waals surface area contributed by atoms with Crippen LogP contribution in [-0.2, 0) is 0 Å². The number of aromatic carboxylic acids is 2. The molecule has 0 amide bonds. The maximum atomic E-state index is 10.3. The minimum atomic E-state index is -1.06. The monoisotopic (exact) mass is 207 g/mol. The van der Waals surface area contributed by atoms with Crippen LogP contribution in [0.1, 0.15) is 20.7 Å². The second-order valence-corrected chi connectivity index (χ2v) is 2.19. The Hall–Kier alpha value is -0.880. The quantitative estimate of drug-likeness (QED) is 0.615. The zero-order valence-corrected chi connectivity index (χ0v) is 6.73. The van der Waals surface area contributed by atoms with E-state index in [2.05, 4.69) is 0 Å². The van der Waals surface area contributed by atoms with Gasteiger partial charge in [-0.1, -0.05) is 0 Å². The molecule has 0 bridgehead atoms. The molecule has 0 fully saturated rings. The Bertz CT molecular complexity index is 290. The van der Waals surface area contributed by atoms with Crippen molar-refractivity contribution in [2.75, 3.05) is 0 Å². The number of carboxylic acid groups (broad SMARTS) is 2. The topological polar surface area (TPSA) is 110 Å². The van der Waals surface area contributed by atoms with Crippen LogP contribution in [0.25, 0.3) is 0 Å². The summed E-state index contributed by atoms with van der Waals surface area (Å²) in [5.41, 5.74) is 0.167. The molecule has 0 saturated carbocycles. The molecule has 0 aliphatic carbocycles. The maximum absolute atomic E-state index is 10.3. The van der Waals surface area contributed by atoms with Crippen molar-refractivity contribution in [3.8, 4) is 0 Å². The van der Waals surface area contributed by atoms with E-state index in [0.717, 1.165) is 0 Å². The van der Waals surface area contributed by atoms with Gasteiger partial charge in [0.05, 0.1) is 11.1 Å². The number of benzene rings is 1. The van der Waals surface area contributed by atoms with Crippen molar-refractivity contribution in [1.29, 1.82) is 0 Å². The minimum absolute atomic E-state index is 0. The van der Waals surface area contributed by atoms with E-state index < -0.39 is 11.9 Å². The molecular weight excluding hydrogens is 197 g/mol. The molecule has 1 aromatic rings. The van der Waals surface area contributed by atoms with Crippen LogP contribution in [0.4, 0.5) is 0 Å². The molecule has 5 N–H and O–H groups in total. The van der Waals surface area contributed by atoms with Gasteiger partial charge in [-0.05, 0) is 24.3 Å². The number of hydrogen-bond donors (Lipinski definition) is 3. The summed E-state index contributed by atoms with van der Waals surface area (Å²) >= 11 is 0. The zero-order valence-electron chi connectivity index (χ0n) is 6.73. The first kappa shape index (κ1) is 15.6. The van der Waals surface area contributed by atoms with Crippen LogP contribution in [0.2, 0.25) is 0 Å². The van der Waals surface area contributed by atoms with Crippen LogP contribution in [0, 0.1) is 0 Å². The predicted octanol–water partition coefficient (Wildman–Crippen LogP) is 0.597. The van der Waals surface area contributed by atoms with E-state index in [0.29, 0.717) is 0 Å². The third kappa shape index (κ3) is 3.89. The van der Waals surface area contributed by atoms with E-state index in [-0.39, 0.29) is 46.8 Å². The third-order valence-corrected chi connectivity index (χ3v) is 1.38. The normalized spacial score (nSPS) is 8.00. The van der Waals surface area contributed by atoms with Crippen molar-refractivity contribution in [2.45, 2.75) is 0 Å². The Balaban J connectivity index is 0. The Morgan fingerprint density at radius 1 is 0.857 bits per heavy atom. The SMILES string of the molecule is N.O=C(O)c1ccc(C(=O)O)cc1.[NaH]. The molecule has 0 heterocycles. The second-order valence-electron chi connectivity index (χ2n) is 2.19. The van der Waals surface area contributed by atoms with Gasteiger partial charge in [0, 0.05) is 0 Å². The predicted molar refractivity (Wildman–Crippen MR) is 52.5 cm³/mol. The van der Waals surface area contributed by atoms with Crippen molar-refractivity contribution < 1.29 is 19.8 Å². The van der Waals surface area contributed by atoms with Crippen LogP contribution in [0.15, 0.2) is 24.3 Å². The summed E-state index contributed by atoms with van der Waals surface area (Å²) in [5.74, 6) is -2.13. The molecule has 72 valence electrons. The first-order chi connectivity index (χ1) is 5.61. The van der Waals surface area contributed by atoms with Gasteiger partial charge in [-0.15, -0.1) is 0 Å². The average Bonchev–Trinajstić information content (AvgIpc) is 2.04. The first-order valence-electron chi connectivity index (χ1n) is 3.18. The molecule has 0 atom stereocenters. The van der Waals surface area contributed by atoms with E-state index in [1.165, 1.54) is 24.3 Å². The van der Waals surface area contributed by atoms with Crippen molar-refractivity contribution in [3.05, 3.63) is 35.4 Å². The standard InChI is InChI=1S/C8H6O4.H3N.Na.H/c9-7(10)5-1-2-6(4-3-5)8(11)12;;;/h1-4H,(H,9,10)(H,11,12);1H3;;. The molecule has 0 aromatic heterocycles. The van der Waals surface area contributed by atoms with Crippen LogP contribution in [0.3, 0.4) is 0 Å². The van der Waals surface area contributed by atoms with E-state index in [1.54, 1.807) is 0 Å². The summed E-state index contributed by atoms with van der Waals surface area (Å²) < 4.78 is 0. The summed E-state index contributed by atoms with van der Waals surface area (Å²) in [7, 11) is 0. The van der Waals surface area contributed by atoms with Crippen LogP contribution in [0.5, 0.6) is 0 Å². The Morgan fingerprint density at radius 2 is 1.07 bits per heavy atom. The van der Waals surface area contributed by atoms with Gasteiger partial charge in [0.1, 0.15) is 0 Å². The van der Waals surface area contributed by atoms with Gasteiger partial charge >= 0.3 is 41.5 Å². The number of hydrogen-bond acceptors (Lipinski definition) is 3. The molecule has 0 unspecified atom stereocenters. The molecule has 14 heavy (non-hydrogen) atoms. The van der Waals surface area contributed by atoms with Gasteiger partial charge in [0.15, 0.2) is 0 Å². The van der Waals surface area contributed by atoms with Gasteiger partial charge in [-0.3, -0.25) is 0 Å². The molecule has 1 rings (SSSR count). The summed E-state index contributed by atoms with van der Waals surface area (Å²) in [4.78, 5) is 20.7. The first-order valence-corrected chi connectivity index (χ1v) is 3.18. The molecule has 1 aromatic carbocycles. The molecule has 0 aliphatic rings. The summed E-state index contributed by atoms with van der Waals surface area (Å²) in [5, 5.41) is 16.9. The zero-order chi connectivity index (χ0) is 9.14. The fourth-order valence-corrected chi connectivity index (χ4v) is 0.755. The molecule has 0 spiro atoms. The molecule has 0 saturated heterocycles. The van der Waals surface area contributed by atoms with Crippen LogP contribution >= 0.6 is 0 Å².